The van der Waals surface area contributed by atoms with Crippen molar-refractivity contribution in [3.05, 3.63) is 35.9 Å². The molecule has 11 heteroatoms. The van der Waals surface area contributed by atoms with Gasteiger partial charge in [-0.05, 0) is 31.5 Å². The van der Waals surface area contributed by atoms with Crippen molar-refractivity contribution >= 4 is 25.4 Å². The van der Waals surface area contributed by atoms with Gasteiger partial charge in [0.25, 0.3) is 0 Å². The lowest BCUT2D eigenvalue weighted by atomic mass is 9.87. The third kappa shape index (κ3) is 9.49. The zero-order chi connectivity index (χ0) is 27.6. The third-order valence-electron chi connectivity index (χ3n) is 6.72. The van der Waals surface area contributed by atoms with E-state index in [-0.39, 0.29) is 38.3 Å². The molecule has 2 saturated heterocycles. The van der Waals surface area contributed by atoms with Gasteiger partial charge in [0.15, 0.2) is 6.10 Å². The average molecular weight is 553 g/mol. The van der Waals surface area contributed by atoms with Gasteiger partial charge in [-0.15, -0.1) is 0 Å². The van der Waals surface area contributed by atoms with Crippen LogP contribution in [-0.4, -0.2) is 81.0 Å². The fraction of sp³-hybridized carbons (Fsp3) is 0.667. The minimum atomic E-state index is -3.74. The van der Waals surface area contributed by atoms with Crippen molar-refractivity contribution in [3.8, 4) is 0 Å². The Morgan fingerprint density at radius 3 is 2.55 bits per heavy atom. The van der Waals surface area contributed by atoms with Gasteiger partial charge < -0.3 is 19.3 Å². The molecule has 1 aromatic rings. The Labute approximate surface area is 225 Å². The van der Waals surface area contributed by atoms with Crippen LogP contribution >= 0.6 is 7.60 Å². The second-order valence-corrected chi connectivity index (χ2v) is 12.7. The molecule has 1 N–H and O–H groups in total. The van der Waals surface area contributed by atoms with E-state index in [0.29, 0.717) is 13.0 Å². The summed E-state index contributed by atoms with van der Waals surface area (Å²) in [6.45, 7) is 8.57. The summed E-state index contributed by atoms with van der Waals surface area (Å²) in [7, 11) is -3.74. The molecule has 38 heavy (non-hydrogen) atoms. The van der Waals surface area contributed by atoms with Crippen LogP contribution in [0.25, 0.3) is 0 Å². The van der Waals surface area contributed by atoms with Crippen LogP contribution in [-0.2, 0) is 43.9 Å². The van der Waals surface area contributed by atoms with E-state index >= 15 is 0 Å². The number of ether oxygens (including phenoxy) is 2. The molecule has 0 bridgehead atoms. The number of nitrogens with zero attached hydrogens (tertiary/aromatic N) is 1. The van der Waals surface area contributed by atoms with Gasteiger partial charge in [0.2, 0.25) is 5.91 Å². The largest absolute Gasteiger partial charge is 0.465 e. The lowest BCUT2D eigenvalue weighted by Crippen LogP contribution is -2.50. The maximum Gasteiger partial charge on any atom is 0.332 e. The predicted octanol–water partition coefficient (Wildman–Crippen LogP) is 3.19. The fourth-order valence-corrected chi connectivity index (χ4v) is 6.69. The lowest BCUT2D eigenvalue weighted by molar-refractivity contribution is -0.147. The zero-order valence-corrected chi connectivity index (χ0v) is 23.6. The molecule has 3 atom stereocenters. The standard InChI is InChI=1S/C27H41N2O8P/c1-21(26(32)35-17-12-22-9-5-4-6-10-22)19-38(33)36-20-27(2,3)24(37-38)25(31)28-13-11-23(30)34-18-16-29-14-7-8-15-29/h4-6,9-10,21,24H,7-8,11-20H2,1-3H3,(H,28,31)/t21-,24+,38?/m1/s1. The molecule has 212 valence electrons. The Bertz CT molecular complexity index is 981. The number of nitrogens with one attached hydrogen (secondary N) is 1. The number of carbonyl (C=O) groups is 3. The number of carbonyl (C=O) groups excluding carboxylic acids is 3. The van der Waals surface area contributed by atoms with E-state index in [1.54, 1.807) is 20.8 Å². The number of hydrogen-bond acceptors (Lipinski definition) is 9. The van der Waals surface area contributed by atoms with E-state index in [2.05, 4.69) is 10.2 Å². The topological polar surface area (TPSA) is 120 Å². The minimum Gasteiger partial charge on any atom is -0.465 e. The highest BCUT2D eigenvalue weighted by atomic mass is 31.2. The van der Waals surface area contributed by atoms with Crippen LogP contribution < -0.4 is 5.32 Å². The molecule has 10 nitrogen and oxygen atoms in total. The van der Waals surface area contributed by atoms with E-state index < -0.39 is 36.9 Å². The first-order valence-corrected chi connectivity index (χ1v) is 15.1. The van der Waals surface area contributed by atoms with Crippen LogP contribution in [0.5, 0.6) is 0 Å². The first-order valence-electron chi connectivity index (χ1n) is 13.4. The van der Waals surface area contributed by atoms with E-state index in [9.17, 15) is 18.9 Å². The summed E-state index contributed by atoms with van der Waals surface area (Å²) in [5.74, 6) is -2.11. The first-order chi connectivity index (χ1) is 18.1. The highest BCUT2D eigenvalue weighted by Crippen LogP contribution is 2.57. The highest BCUT2D eigenvalue weighted by molar-refractivity contribution is 7.54. The molecule has 2 aliphatic rings. The van der Waals surface area contributed by atoms with Crippen LogP contribution in [0.2, 0.25) is 0 Å². The van der Waals surface area contributed by atoms with E-state index in [0.717, 1.165) is 25.2 Å². The SMILES string of the molecule is C[C@H](CP1(=O)OCC(C)(C)[C@H](C(=O)NCCC(=O)OCCN2CCCC2)O1)C(=O)OCCc1ccccc1. The Morgan fingerprint density at radius 2 is 1.84 bits per heavy atom. The second kappa shape index (κ2) is 14.2. The summed E-state index contributed by atoms with van der Waals surface area (Å²) in [6, 6.07) is 9.65. The summed E-state index contributed by atoms with van der Waals surface area (Å²) >= 11 is 0. The van der Waals surface area contributed by atoms with Crippen LogP contribution in [0, 0.1) is 11.3 Å². The third-order valence-corrected chi connectivity index (χ3v) is 8.77. The summed E-state index contributed by atoms with van der Waals surface area (Å²) in [6.07, 6.45) is 1.70. The van der Waals surface area contributed by atoms with Gasteiger partial charge in [-0.3, -0.25) is 28.4 Å². The molecule has 0 aliphatic carbocycles. The van der Waals surface area contributed by atoms with Gasteiger partial charge >= 0.3 is 19.5 Å². The van der Waals surface area contributed by atoms with Gasteiger partial charge in [-0.1, -0.05) is 51.1 Å². The molecule has 1 amide bonds. The molecule has 2 heterocycles. The van der Waals surface area contributed by atoms with E-state index in [4.69, 9.17) is 18.5 Å². The van der Waals surface area contributed by atoms with Gasteiger partial charge in [-0.25, -0.2) is 0 Å². The quantitative estimate of drug-likeness (QED) is 0.291. The summed E-state index contributed by atoms with van der Waals surface area (Å²) in [5, 5.41) is 2.68. The second-order valence-electron chi connectivity index (χ2n) is 10.7. The average Bonchev–Trinajstić information content (AvgIpc) is 3.40. The predicted molar refractivity (Wildman–Crippen MR) is 142 cm³/mol. The molecule has 0 saturated carbocycles. The maximum absolute atomic E-state index is 13.3. The van der Waals surface area contributed by atoms with Crippen molar-refractivity contribution in [2.45, 2.75) is 52.6 Å². The van der Waals surface area contributed by atoms with Crippen molar-refractivity contribution in [1.29, 1.82) is 0 Å². The molecule has 2 fully saturated rings. The summed E-state index contributed by atoms with van der Waals surface area (Å²) in [4.78, 5) is 39.6. The highest BCUT2D eigenvalue weighted by Gasteiger charge is 2.48. The molecule has 1 unspecified atom stereocenters. The summed E-state index contributed by atoms with van der Waals surface area (Å²) < 4.78 is 35.2. The van der Waals surface area contributed by atoms with Crippen molar-refractivity contribution < 1.29 is 37.5 Å². The van der Waals surface area contributed by atoms with Gasteiger partial charge in [0, 0.05) is 24.9 Å². The van der Waals surface area contributed by atoms with Crippen LogP contribution in [0.1, 0.15) is 45.6 Å². The van der Waals surface area contributed by atoms with Gasteiger partial charge in [0.1, 0.15) is 6.61 Å². The first kappa shape index (κ1) is 30.3. The molecular weight excluding hydrogens is 511 g/mol. The number of esters is 2. The smallest absolute Gasteiger partial charge is 0.332 e. The Hall–Kier alpha value is -2.26. The van der Waals surface area contributed by atoms with Crippen molar-refractivity contribution in [2.75, 3.05) is 52.2 Å². The molecule has 1 aromatic carbocycles. The van der Waals surface area contributed by atoms with Crippen molar-refractivity contribution in [1.82, 2.24) is 10.2 Å². The zero-order valence-electron chi connectivity index (χ0n) is 22.7. The van der Waals surface area contributed by atoms with Crippen LogP contribution in [0.4, 0.5) is 0 Å². The fourth-order valence-electron chi connectivity index (χ4n) is 4.39. The van der Waals surface area contributed by atoms with Crippen molar-refractivity contribution in [3.63, 3.8) is 0 Å². The normalized spacial score (nSPS) is 23.9. The maximum atomic E-state index is 13.3. The molecule has 0 aromatic heterocycles. The van der Waals surface area contributed by atoms with Gasteiger partial charge in [0.05, 0.1) is 31.7 Å². The number of amides is 1. The number of hydrogen-bond donors (Lipinski definition) is 1. The molecule has 3 rings (SSSR count). The van der Waals surface area contributed by atoms with E-state index in [1.807, 2.05) is 30.3 Å². The Kier molecular flexibility index (Phi) is 11.3. The molecule has 0 spiro atoms. The lowest BCUT2D eigenvalue weighted by Gasteiger charge is -2.40. The van der Waals surface area contributed by atoms with Gasteiger partial charge in [-0.2, -0.15) is 0 Å². The summed E-state index contributed by atoms with van der Waals surface area (Å²) in [5.41, 5.74) is 0.291. The van der Waals surface area contributed by atoms with Crippen molar-refractivity contribution in [2.24, 2.45) is 11.3 Å². The number of likely N-dealkylation sites (tertiary alicyclic amines) is 1. The molecule has 0 radical (unpaired) electrons. The monoisotopic (exact) mass is 552 g/mol. The Morgan fingerprint density at radius 1 is 1.13 bits per heavy atom. The molecule has 2 aliphatic heterocycles. The minimum absolute atomic E-state index is 0.0245. The van der Waals surface area contributed by atoms with E-state index in [1.165, 1.54) is 12.8 Å². The molecular formula is C27H41N2O8P. The van der Waals surface area contributed by atoms with Crippen LogP contribution in [0.15, 0.2) is 30.3 Å². The van der Waals surface area contributed by atoms with Crippen LogP contribution in [0.3, 0.4) is 0 Å². The number of benzene rings is 1. The number of rotatable bonds is 13. The Balaban J connectivity index is 1.41.